The molecule has 0 saturated carbocycles. The number of benzene rings is 2. The molecule has 0 spiro atoms. The number of rotatable bonds is 7. The minimum absolute atomic E-state index is 0.407. The Morgan fingerprint density at radius 2 is 1.75 bits per heavy atom. The van der Waals surface area contributed by atoms with Crippen LogP contribution < -0.4 is 0 Å². The number of esters is 1. The van der Waals surface area contributed by atoms with E-state index in [0.717, 1.165) is 5.56 Å². The fourth-order valence-corrected chi connectivity index (χ4v) is 2.40. The highest BCUT2D eigenvalue weighted by molar-refractivity contribution is 5.84. The molecule has 6 nitrogen and oxygen atoms in total. The first-order valence-electron chi connectivity index (χ1n) is 7.44. The summed E-state index contributed by atoms with van der Waals surface area (Å²) in [6.45, 7) is -0.407. The van der Waals surface area contributed by atoms with E-state index in [2.05, 4.69) is 4.99 Å². The Labute approximate surface area is 140 Å². The van der Waals surface area contributed by atoms with Crippen LogP contribution >= 0.6 is 0 Å². The van der Waals surface area contributed by atoms with Crippen LogP contribution in [-0.4, -0.2) is 36.8 Å². The van der Waals surface area contributed by atoms with E-state index < -0.39 is 29.4 Å². The van der Waals surface area contributed by atoms with Gasteiger partial charge < -0.3 is 4.74 Å². The van der Waals surface area contributed by atoms with Gasteiger partial charge in [-0.3, -0.25) is 15.1 Å². The maximum atomic E-state index is 12.2. The van der Waals surface area contributed by atoms with Gasteiger partial charge in [-0.25, -0.2) is 4.79 Å². The zero-order valence-corrected chi connectivity index (χ0v) is 13.2. The molecule has 0 N–H and O–H groups in total. The van der Waals surface area contributed by atoms with E-state index in [1.54, 1.807) is 24.3 Å². The van der Waals surface area contributed by atoms with Crippen LogP contribution in [0.2, 0.25) is 0 Å². The molecule has 0 aliphatic rings. The van der Waals surface area contributed by atoms with Gasteiger partial charge in [0.2, 0.25) is 6.54 Å². The number of methoxy groups -OCH3 is 1. The lowest BCUT2D eigenvalue weighted by molar-refractivity contribution is -0.483. The first-order valence-corrected chi connectivity index (χ1v) is 7.44. The Kier molecular flexibility index (Phi) is 6.19. The number of aliphatic imine (C=N–C) groups is 1. The first kappa shape index (κ1) is 17.3. The van der Waals surface area contributed by atoms with Gasteiger partial charge in [-0.1, -0.05) is 60.7 Å². The van der Waals surface area contributed by atoms with E-state index in [-0.39, 0.29) is 0 Å². The summed E-state index contributed by atoms with van der Waals surface area (Å²) in [6, 6.07) is 17.1. The molecule has 24 heavy (non-hydrogen) atoms. The predicted molar refractivity (Wildman–Crippen MR) is 90.9 cm³/mol. The fraction of sp³-hybridized carbons (Fsp3) is 0.222. The Balaban J connectivity index is 2.36. The second-order valence-electron chi connectivity index (χ2n) is 5.19. The van der Waals surface area contributed by atoms with Crippen molar-refractivity contribution in [2.24, 2.45) is 4.99 Å². The minimum atomic E-state index is -0.983. The van der Waals surface area contributed by atoms with Gasteiger partial charge in [-0.05, 0) is 11.1 Å². The topological polar surface area (TPSA) is 81.8 Å². The number of nitro groups is 1. The number of carbonyl (C=O) groups excluding carboxylic acids is 1. The van der Waals surface area contributed by atoms with Crippen LogP contribution in [0.5, 0.6) is 0 Å². The highest BCUT2D eigenvalue weighted by Gasteiger charge is 2.33. The van der Waals surface area contributed by atoms with Crippen molar-refractivity contribution in [2.75, 3.05) is 13.7 Å². The molecule has 2 aromatic carbocycles. The number of hydrogen-bond donors (Lipinski definition) is 0. The van der Waals surface area contributed by atoms with Gasteiger partial charge >= 0.3 is 5.97 Å². The summed E-state index contributed by atoms with van der Waals surface area (Å²) in [5.41, 5.74) is 1.48. The van der Waals surface area contributed by atoms with Crippen LogP contribution in [0.3, 0.4) is 0 Å². The monoisotopic (exact) mass is 326 g/mol. The molecule has 0 unspecified atom stereocenters. The molecule has 0 amide bonds. The summed E-state index contributed by atoms with van der Waals surface area (Å²) in [6.07, 6.45) is 1.54. The van der Waals surface area contributed by atoms with Crippen molar-refractivity contribution in [1.82, 2.24) is 0 Å². The first-order chi connectivity index (χ1) is 11.6. The lowest BCUT2D eigenvalue weighted by atomic mass is 9.91. The van der Waals surface area contributed by atoms with Crippen molar-refractivity contribution in [3.8, 4) is 0 Å². The summed E-state index contributed by atoms with van der Waals surface area (Å²) in [7, 11) is 1.25. The number of nitrogens with zero attached hydrogens (tertiary/aromatic N) is 2. The summed E-state index contributed by atoms with van der Waals surface area (Å²) in [4.78, 5) is 27.1. The maximum Gasteiger partial charge on any atom is 0.331 e. The Hall–Kier alpha value is -3.02. The van der Waals surface area contributed by atoms with Crippen LogP contribution in [0.1, 0.15) is 17.0 Å². The number of carbonyl (C=O) groups is 1. The van der Waals surface area contributed by atoms with Crippen LogP contribution in [0.25, 0.3) is 0 Å². The quantitative estimate of drug-likeness (QED) is 0.339. The smallest absolute Gasteiger partial charge is 0.331 e. The largest absolute Gasteiger partial charge is 0.467 e. The fourth-order valence-electron chi connectivity index (χ4n) is 2.40. The summed E-state index contributed by atoms with van der Waals surface area (Å²) >= 11 is 0. The Morgan fingerprint density at radius 1 is 1.17 bits per heavy atom. The molecule has 0 aliphatic carbocycles. The highest BCUT2D eigenvalue weighted by atomic mass is 16.6. The average Bonchev–Trinajstić information content (AvgIpc) is 2.62. The maximum absolute atomic E-state index is 12.2. The van der Waals surface area contributed by atoms with E-state index in [4.69, 9.17) is 4.74 Å². The summed E-state index contributed by atoms with van der Waals surface area (Å²) in [5.74, 6) is -1.30. The van der Waals surface area contributed by atoms with Crippen LogP contribution in [0.15, 0.2) is 65.7 Å². The number of hydrogen-bond acceptors (Lipinski definition) is 5. The predicted octanol–water partition coefficient (Wildman–Crippen LogP) is 2.71. The third-order valence-electron chi connectivity index (χ3n) is 3.58. The molecule has 2 atom stereocenters. The van der Waals surface area contributed by atoms with E-state index in [1.807, 2.05) is 36.4 Å². The SMILES string of the molecule is COC(=O)[C@H](N=Cc1ccccc1)[C@@H](C[N+](=O)[O-])c1ccccc1. The average molecular weight is 326 g/mol. The molecule has 0 aliphatic heterocycles. The van der Waals surface area contributed by atoms with E-state index >= 15 is 0 Å². The van der Waals surface area contributed by atoms with Gasteiger partial charge in [0.15, 0.2) is 6.04 Å². The van der Waals surface area contributed by atoms with Gasteiger partial charge in [0.25, 0.3) is 0 Å². The van der Waals surface area contributed by atoms with Crippen molar-refractivity contribution in [3.05, 3.63) is 81.9 Å². The molecule has 0 saturated heterocycles. The van der Waals surface area contributed by atoms with Gasteiger partial charge in [0.05, 0.1) is 13.0 Å². The molecular formula is C18H18N2O4. The van der Waals surface area contributed by atoms with Gasteiger partial charge in [0.1, 0.15) is 0 Å². The van der Waals surface area contributed by atoms with Crippen LogP contribution in [0, 0.1) is 10.1 Å². The molecule has 0 heterocycles. The van der Waals surface area contributed by atoms with Crippen molar-refractivity contribution < 1.29 is 14.5 Å². The number of ether oxygens (including phenoxy) is 1. The van der Waals surface area contributed by atoms with Crippen molar-refractivity contribution in [1.29, 1.82) is 0 Å². The van der Waals surface area contributed by atoms with Crippen molar-refractivity contribution in [2.45, 2.75) is 12.0 Å². The molecule has 0 aromatic heterocycles. The molecule has 0 fully saturated rings. The highest BCUT2D eigenvalue weighted by Crippen LogP contribution is 2.23. The van der Waals surface area contributed by atoms with Gasteiger partial charge in [-0.2, -0.15) is 0 Å². The molecule has 2 aromatic rings. The Bertz CT molecular complexity index is 701. The molecule has 6 heteroatoms. The van der Waals surface area contributed by atoms with Crippen molar-refractivity contribution in [3.63, 3.8) is 0 Å². The van der Waals surface area contributed by atoms with Gasteiger partial charge in [0, 0.05) is 11.1 Å². The summed E-state index contributed by atoms with van der Waals surface area (Å²) in [5, 5.41) is 11.1. The molecule has 2 rings (SSSR count). The Morgan fingerprint density at radius 3 is 2.29 bits per heavy atom. The minimum Gasteiger partial charge on any atom is -0.467 e. The zero-order chi connectivity index (χ0) is 17.4. The molecule has 124 valence electrons. The lowest BCUT2D eigenvalue weighted by Gasteiger charge is -2.19. The lowest BCUT2D eigenvalue weighted by Crippen LogP contribution is -2.32. The summed E-state index contributed by atoms with van der Waals surface area (Å²) < 4.78 is 4.81. The van der Waals surface area contributed by atoms with Gasteiger partial charge in [-0.15, -0.1) is 0 Å². The second kappa shape index (κ2) is 8.57. The van der Waals surface area contributed by atoms with E-state index in [1.165, 1.54) is 13.3 Å². The standard InChI is InChI=1S/C18H18N2O4/c1-24-18(21)17(19-12-14-8-4-2-5-9-14)16(13-20(22)23)15-10-6-3-7-11-15/h2-12,16-17H,13H2,1H3/t16-,17+/m0/s1. The van der Waals surface area contributed by atoms with Crippen LogP contribution in [-0.2, 0) is 9.53 Å². The third kappa shape index (κ3) is 4.74. The van der Waals surface area contributed by atoms with Crippen molar-refractivity contribution >= 4 is 12.2 Å². The van der Waals surface area contributed by atoms with Crippen LogP contribution in [0.4, 0.5) is 0 Å². The zero-order valence-electron chi connectivity index (χ0n) is 13.2. The molecular weight excluding hydrogens is 308 g/mol. The molecule has 0 radical (unpaired) electrons. The second-order valence-corrected chi connectivity index (χ2v) is 5.19. The van der Waals surface area contributed by atoms with E-state index in [9.17, 15) is 14.9 Å². The third-order valence-corrected chi connectivity index (χ3v) is 3.58. The normalized spacial score (nSPS) is 13.4. The molecule has 0 bridgehead atoms. The van der Waals surface area contributed by atoms with E-state index in [0.29, 0.717) is 5.56 Å².